The van der Waals surface area contributed by atoms with Crippen molar-refractivity contribution in [1.82, 2.24) is 5.32 Å². The highest BCUT2D eigenvalue weighted by molar-refractivity contribution is 6.35. The molecule has 0 unspecified atom stereocenters. The maximum absolute atomic E-state index is 12.3. The summed E-state index contributed by atoms with van der Waals surface area (Å²) in [6, 6.07) is 4.90. The highest BCUT2D eigenvalue weighted by Crippen LogP contribution is 2.42. The van der Waals surface area contributed by atoms with Crippen LogP contribution in [-0.4, -0.2) is 31.6 Å². The first kappa shape index (κ1) is 21.0. The zero-order chi connectivity index (χ0) is 18.0. The van der Waals surface area contributed by atoms with Crippen molar-refractivity contribution in [2.75, 3.05) is 14.2 Å². The quantitative estimate of drug-likeness (QED) is 0.804. The van der Waals surface area contributed by atoms with Crippen molar-refractivity contribution < 1.29 is 24.5 Å². The molecule has 1 heterocycles. The number of nitrogens with one attached hydrogen (secondary N) is 1. The van der Waals surface area contributed by atoms with Crippen LogP contribution in [0.5, 0.6) is 0 Å². The SMILES string of the molecule is COC(=O)C1=C(C)NC(C)=C(C(=O)OC)C1c1ccc(Cl)cc1Cl.O. The Kier molecular flexibility index (Phi) is 7.05. The van der Waals surface area contributed by atoms with Crippen molar-refractivity contribution in [3.63, 3.8) is 0 Å². The molecule has 1 aromatic rings. The van der Waals surface area contributed by atoms with Gasteiger partial charge < -0.3 is 20.3 Å². The van der Waals surface area contributed by atoms with Gasteiger partial charge in [-0.3, -0.25) is 0 Å². The Balaban J connectivity index is 0.00000312. The van der Waals surface area contributed by atoms with E-state index in [-0.39, 0.29) is 5.48 Å². The van der Waals surface area contributed by atoms with Crippen molar-refractivity contribution in [2.24, 2.45) is 0 Å². The Bertz CT molecular complexity index is 732. The summed E-state index contributed by atoms with van der Waals surface area (Å²) in [6.45, 7) is 3.47. The number of carbonyl (C=O) groups is 2. The molecule has 0 atom stereocenters. The third-order valence-electron chi connectivity index (χ3n) is 3.84. The number of halogens is 2. The molecule has 0 aromatic heterocycles. The van der Waals surface area contributed by atoms with Gasteiger partial charge in [0, 0.05) is 21.4 Å². The predicted molar refractivity (Wildman–Crippen MR) is 95.4 cm³/mol. The van der Waals surface area contributed by atoms with Crippen molar-refractivity contribution >= 4 is 35.1 Å². The third kappa shape index (κ3) is 3.98. The van der Waals surface area contributed by atoms with E-state index >= 15 is 0 Å². The molecule has 136 valence electrons. The van der Waals surface area contributed by atoms with Gasteiger partial charge in [0.1, 0.15) is 0 Å². The average molecular weight is 388 g/mol. The van der Waals surface area contributed by atoms with Gasteiger partial charge in [-0.05, 0) is 31.5 Å². The molecular weight excluding hydrogens is 369 g/mol. The molecule has 8 heteroatoms. The van der Waals surface area contributed by atoms with Crippen LogP contribution >= 0.6 is 23.2 Å². The number of carbonyl (C=O) groups excluding carboxylic acids is 2. The summed E-state index contributed by atoms with van der Waals surface area (Å²) in [6.07, 6.45) is 0. The average Bonchev–Trinajstić information content (AvgIpc) is 2.53. The molecule has 0 saturated carbocycles. The number of dihydropyridines is 1. The van der Waals surface area contributed by atoms with Crippen molar-refractivity contribution in [1.29, 1.82) is 0 Å². The fourth-order valence-electron chi connectivity index (χ4n) is 2.80. The summed E-state index contributed by atoms with van der Waals surface area (Å²) in [5.41, 5.74) is 2.34. The van der Waals surface area contributed by atoms with E-state index in [2.05, 4.69) is 5.32 Å². The molecule has 0 amide bonds. The molecule has 1 aliphatic rings. The van der Waals surface area contributed by atoms with Gasteiger partial charge >= 0.3 is 11.9 Å². The van der Waals surface area contributed by atoms with Gasteiger partial charge in [0.2, 0.25) is 0 Å². The Labute approximate surface area is 155 Å². The smallest absolute Gasteiger partial charge is 0.336 e. The van der Waals surface area contributed by atoms with Gasteiger partial charge in [-0.2, -0.15) is 0 Å². The minimum atomic E-state index is -0.712. The van der Waals surface area contributed by atoms with Gasteiger partial charge in [-0.15, -0.1) is 0 Å². The van der Waals surface area contributed by atoms with Gasteiger partial charge in [0.15, 0.2) is 0 Å². The van der Waals surface area contributed by atoms with E-state index in [9.17, 15) is 9.59 Å². The number of ether oxygens (including phenoxy) is 2. The van der Waals surface area contributed by atoms with Gasteiger partial charge in [0.25, 0.3) is 0 Å². The maximum atomic E-state index is 12.3. The fraction of sp³-hybridized carbons (Fsp3) is 0.294. The Hall–Kier alpha value is -2.02. The topological polar surface area (TPSA) is 96.1 Å². The van der Waals surface area contributed by atoms with Crippen LogP contribution in [0.3, 0.4) is 0 Å². The summed E-state index contributed by atoms with van der Waals surface area (Å²) in [4.78, 5) is 24.7. The fourth-order valence-corrected chi connectivity index (χ4v) is 3.32. The predicted octanol–water partition coefficient (Wildman–Crippen LogP) is 2.75. The van der Waals surface area contributed by atoms with E-state index < -0.39 is 17.9 Å². The normalized spacial score (nSPS) is 14.6. The van der Waals surface area contributed by atoms with Crippen molar-refractivity contribution in [3.05, 3.63) is 56.3 Å². The highest BCUT2D eigenvalue weighted by atomic mass is 35.5. The minimum Gasteiger partial charge on any atom is -0.466 e. The van der Waals surface area contributed by atoms with Crippen LogP contribution < -0.4 is 5.32 Å². The molecule has 0 radical (unpaired) electrons. The molecule has 2 rings (SSSR count). The van der Waals surface area contributed by atoms with Crippen LogP contribution in [0.15, 0.2) is 40.7 Å². The van der Waals surface area contributed by atoms with Crippen molar-refractivity contribution in [2.45, 2.75) is 19.8 Å². The van der Waals surface area contributed by atoms with E-state index in [1.165, 1.54) is 14.2 Å². The summed E-state index contributed by atoms with van der Waals surface area (Å²) in [7, 11) is 2.57. The number of hydrogen-bond acceptors (Lipinski definition) is 5. The molecule has 0 spiro atoms. The highest BCUT2D eigenvalue weighted by Gasteiger charge is 2.38. The first-order chi connectivity index (χ1) is 11.3. The van der Waals surface area contributed by atoms with E-state index in [1.54, 1.807) is 32.0 Å². The second-order valence-corrected chi connectivity index (χ2v) is 6.13. The molecule has 1 aliphatic heterocycles. The van der Waals surface area contributed by atoms with Crippen LogP contribution in [0.1, 0.15) is 25.3 Å². The molecule has 25 heavy (non-hydrogen) atoms. The zero-order valence-electron chi connectivity index (χ0n) is 14.2. The van der Waals surface area contributed by atoms with E-state index in [0.29, 0.717) is 38.1 Å². The van der Waals surface area contributed by atoms with Gasteiger partial charge in [-0.1, -0.05) is 29.3 Å². The molecule has 3 N–H and O–H groups in total. The number of hydrogen-bond donors (Lipinski definition) is 1. The monoisotopic (exact) mass is 387 g/mol. The summed E-state index contributed by atoms with van der Waals surface area (Å²) in [5, 5.41) is 3.83. The third-order valence-corrected chi connectivity index (χ3v) is 4.41. The van der Waals surface area contributed by atoms with Crippen LogP contribution in [0, 0.1) is 0 Å². The summed E-state index contributed by atoms with van der Waals surface area (Å²) >= 11 is 12.3. The van der Waals surface area contributed by atoms with Crippen LogP contribution in [0.25, 0.3) is 0 Å². The molecular formula is C17H19Cl2NO5. The number of allylic oxidation sites excluding steroid dienone is 2. The lowest BCUT2D eigenvalue weighted by Crippen LogP contribution is -2.32. The van der Waals surface area contributed by atoms with Gasteiger partial charge in [-0.25, -0.2) is 9.59 Å². The minimum absolute atomic E-state index is 0. The van der Waals surface area contributed by atoms with Crippen LogP contribution in [0.4, 0.5) is 0 Å². The molecule has 0 fully saturated rings. The lowest BCUT2D eigenvalue weighted by Gasteiger charge is -2.30. The van der Waals surface area contributed by atoms with Crippen LogP contribution in [-0.2, 0) is 19.1 Å². The summed E-state index contributed by atoms with van der Waals surface area (Å²) in [5.74, 6) is -1.81. The standard InChI is InChI=1S/C17H17Cl2NO4.H2O/c1-8-13(16(21)23-3)15(11-6-5-10(18)7-12(11)19)14(9(2)20-8)17(22)24-4;/h5-7,15,20H,1-4H3;1H2. The van der Waals surface area contributed by atoms with E-state index in [4.69, 9.17) is 32.7 Å². The summed E-state index contributed by atoms with van der Waals surface area (Å²) < 4.78 is 9.78. The zero-order valence-corrected chi connectivity index (χ0v) is 15.7. The number of esters is 2. The Morgan fingerprint density at radius 1 is 1.00 bits per heavy atom. The first-order valence-corrected chi connectivity index (χ1v) is 7.87. The lowest BCUT2D eigenvalue weighted by atomic mass is 9.80. The number of benzene rings is 1. The Morgan fingerprint density at radius 3 is 1.88 bits per heavy atom. The molecule has 0 bridgehead atoms. The molecule has 0 aliphatic carbocycles. The number of methoxy groups -OCH3 is 2. The largest absolute Gasteiger partial charge is 0.466 e. The second kappa shape index (κ2) is 8.38. The lowest BCUT2D eigenvalue weighted by molar-refractivity contribution is -0.137. The second-order valence-electron chi connectivity index (χ2n) is 5.28. The molecule has 6 nitrogen and oxygen atoms in total. The molecule has 0 saturated heterocycles. The van der Waals surface area contributed by atoms with E-state index in [1.807, 2.05) is 0 Å². The van der Waals surface area contributed by atoms with E-state index in [0.717, 1.165) is 0 Å². The molecule has 1 aromatic carbocycles. The Morgan fingerprint density at radius 2 is 1.48 bits per heavy atom. The van der Waals surface area contributed by atoms with Crippen molar-refractivity contribution in [3.8, 4) is 0 Å². The van der Waals surface area contributed by atoms with Gasteiger partial charge in [0.05, 0.1) is 31.3 Å². The first-order valence-electron chi connectivity index (χ1n) is 7.12. The number of rotatable bonds is 3. The van der Waals surface area contributed by atoms with Crippen LogP contribution in [0.2, 0.25) is 10.0 Å². The maximum Gasteiger partial charge on any atom is 0.336 e.